The molecule has 0 heterocycles. The Hall–Kier alpha value is -0.330. The molecule has 0 nitrogen and oxygen atoms in total. The highest BCUT2D eigenvalue weighted by Gasteiger charge is 1.15. The van der Waals surface area contributed by atoms with Gasteiger partial charge in [0.1, 0.15) is 0 Å². The normalized spacial score (nSPS) is 3.25. The van der Waals surface area contributed by atoms with Crippen LogP contribution in [0.5, 0.6) is 0 Å². The first-order valence-electron chi connectivity index (χ1n) is 0.986. The molecule has 0 N–H and O–H groups in total. The van der Waals surface area contributed by atoms with Gasteiger partial charge in [-0.2, -0.15) is 0 Å². The van der Waals surface area contributed by atoms with E-state index >= 15 is 0 Å². The van der Waals surface area contributed by atoms with E-state index < -0.39 is 0 Å². The van der Waals surface area contributed by atoms with Crippen molar-refractivity contribution < 1.29 is 4.70 Å². The second kappa shape index (κ2) is 16.6. The van der Waals surface area contributed by atoms with Crippen LogP contribution in [0.15, 0.2) is 12.7 Å². The average molecular weight is 62.1 g/mol. The van der Waals surface area contributed by atoms with Crippen LogP contribution in [0.4, 0.5) is 4.70 Å². The SMILES string of the molecule is C=CC.F. The number of allylic oxidation sites excluding steroid dienone is 1. The van der Waals surface area contributed by atoms with Crippen LogP contribution < -0.4 is 0 Å². The van der Waals surface area contributed by atoms with Crippen LogP contribution in [0.1, 0.15) is 6.92 Å². The molecule has 0 aromatic carbocycles. The minimum Gasteiger partial charge on any atom is -0.269 e. The topological polar surface area (TPSA) is 0 Å². The fraction of sp³-hybridized carbons (Fsp3) is 0.333. The zero-order valence-electron chi connectivity index (χ0n) is 2.69. The smallest absolute Gasteiger partial charge is 0.0473 e. The summed E-state index contributed by atoms with van der Waals surface area (Å²) in [6.45, 7) is 5.25. The van der Waals surface area contributed by atoms with Gasteiger partial charge in [0.15, 0.2) is 0 Å². The van der Waals surface area contributed by atoms with Crippen LogP contribution >= 0.6 is 0 Å². The van der Waals surface area contributed by atoms with Crippen molar-refractivity contribution in [2.75, 3.05) is 0 Å². The molecular formula is C3H7F. The van der Waals surface area contributed by atoms with Crippen LogP contribution in [0.3, 0.4) is 0 Å². The summed E-state index contributed by atoms with van der Waals surface area (Å²) in [7, 11) is 0. The lowest BCUT2D eigenvalue weighted by molar-refractivity contribution is 1.11. The van der Waals surface area contributed by atoms with Gasteiger partial charge < -0.3 is 0 Å². The van der Waals surface area contributed by atoms with Crippen LogP contribution in [0.25, 0.3) is 0 Å². The average Bonchev–Trinajstić information content (AvgIpc) is 0.918. The first-order chi connectivity index (χ1) is 1.41. The molecule has 0 fully saturated rings. The molecule has 0 aliphatic carbocycles. The van der Waals surface area contributed by atoms with E-state index in [9.17, 15) is 0 Å². The monoisotopic (exact) mass is 62.1 g/mol. The van der Waals surface area contributed by atoms with Crippen molar-refractivity contribution in [1.29, 1.82) is 0 Å². The summed E-state index contributed by atoms with van der Waals surface area (Å²) >= 11 is 0. The quantitative estimate of drug-likeness (QED) is 0.371. The number of hydrogen-bond acceptors (Lipinski definition) is 0. The van der Waals surface area contributed by atoms with Gasteiger partial charge >= 0.3 is 0 Å². The molecule has 4 heavy (non-hydrogen) atoms. The van der Waals surface area contributed by atoms with Gasteiger partial charge in [-0.1, -0.05) is 6.08 Å². The number of rotatable bonds is 0. The number of hydrogen-bond donors (Lipinski definition) is 0. The second-order valence-corrected chi connectivity index (χ2v) is 0.408. The first kappa shape index (κ1) is 9.38. The van der Waals surface area contributed by atoms with Crippen LogP contribution in [0.2, 0.25) is 0 Å². The maximum Gasteiger partial charge on any atom is -0.0473 e. The lowest BCUT2D eigenvalue weighted by atomic mass is 10.8. The minimum absolute atomic E-state index is 0. The molecule has 0 unspecified atom stereocenters. The Bertz CT molecular complexity index is 10.8. The standard InChI is InChI=1S/C3H6.FH/c1-3-2;/h3H,1H2,2H3;1H. The van der Waals surface area contributed by atoms with E-state index in [1.54, 1.807) is 6.08 Å². The summed E-state index contributed by atoms with van der Waals surface area (Å²) in [5, 5.41) is 0. The lowest BCUT2D eigenvalue weighted by Gasteiger charge is -1.31. The molecule has 1 heteroatoms. The fourth-order valence-corrected chi connectivity index (χ4v) is 0. The van der Waals surface area contributed by atoms with Gasteiger partial charge in [-0.15, -0.1) is 6.58 Å². The van der Waals surface area contributed by atoms with E-state index in [-0.39, 0.29) is 4.70 Å². The zero-order chi connectivity index (χ0) is 2.71. The maximum atomic E-state index is 3.36. The Morgan fingerprint density at radius 1 is 1.75 bits per heavy atom. The van der Waals surface area contributed by atoms with E-state index in [0.29, 0.717) is 0 Å². The van der Waals surface area contributed by atoms with Gasteiger partial charge in [-0.05, 0) is 6.92 Å². The Morgan fingerprint density at radius 2 is 1.75 bits per heavy atom. The molecule has 0 aromatic rings. The van der Waals surface area contributed by atoms with Gasteiger partial charge in [-0.25, -0.2) is 0 Å². The zero-order valence-corrected chi connectivity index (χ0v) is 2.69. The van der Waals surface area contributed by atoms with Crippen LogP contribution in [-0.4, -0.2) is 0 Å². The molecular weight excluding hydrogens is 55.0 g/mol. The molecule has 0 aliphatic rings. The second-order valence-electron chi connectivity index (χ2n) is 0.408. The van der Waals surface area contributed by atoms with Gasteiger partial charge in [0.05, 0.1) is 0 Å². The Morgan fingerprint density at radius 3 is 1.75 bits per heavy atom. The summed E-state index contributed by atoms with van der Waals surface area (Å²) in [5.41, 5.74) is 0. The van der Waals surface area contributed by atoms with E-state index in [0.717, 1.165) is 0 Å². The molecule has 0 spiro atoms. The minimum atomic E-state index is 0. The van der Waals surface area contributed by atoms with Gasteiger partial charge in [0.25, 0.3) is 0 Å². The molecule has 26 valence electrons. The third kappa shape index (κ3) is 6.88. The van der Waals surface area contributed by atoms with Crippen molar-refractivity contribution in [1.82, 2.24) is 0 Å². The van der Waals surface area contributed by atoms with Crippen molar-refractivity contribution in [3.05, 3.63) is 12.7 Å². The Kier molecular flexibility index (Phi) is 38.9. The summed E-state index contributed by atoms with van der Waals surface area (Å²) in [5.74, 6) is 0. The predicted octanol–water partition coefficient (Wildman–Crippen LogP) is 1.34. The van der Waals surface area contributed by atoms with Crippen molar-refractivity contribution in [2.24, 2.45) is 0 Å². The summed E-state index contributed by atoms with van der Waals surface area (Å²) in [6.07, 6.45) is 1.75. The summed E-state index contributed by atoms with van der Waals surface area (Å²) < 4.78 is 0. The molecule has 0 saturated carbocycles. The fourth-order valence-electron chi connectivity index (χ4n) is 0. The van der Waals surface area contributed by atoms with E-state index in [1.807, 2.05) is 6.92 Å². The molecule has 0 aromatic heterocycles. The Balaban J connectivity index is 0. The lowest BCUT2D eigenvalue weighted by Crippen LogP contribution is -1.07. The van der Waals surface area contributed by atoms with Gasteiger partial charge in [0, 0.05) is 0 Å². The molecule has 0 radical (unpaired) electrons. The van der Waals surface area contributed by atoms with Crippen molar-refractivity contribution in [3.8, 4) is 0 Å². The highest BCUT2D eigenvalue weighted by atomic mass is 19.0. The predicted molar refractivity (Wildman–Crippen MR) is 18.4 cm³/mol. The third-order valence-corrected chi connectivity index (χ3v) is 0. The highest BCUT2D eigenvalue weighted by molar-refractivity contribution is 4.51. The van der Waals surface area contributed by atoms with Gasteiger partial charge in [0.2, 0.25) is 0 Å². The Labute approximate surface area is 25.5 Å². The third-order valence-electron chi connectivity index (χ3n) is 0. The van der Waals surface area contributed by atoms with E-state index in [2.05, 4.69) is 6.58 Å². The summed E-state index contributed by atoms with van der Waals surface area (Å²) in [6, 6.07) is 0. The van der Waals surface area contributed by atoms with Crippen molar-refractivity contribution in [2.45, 2.75) is 6.92 Å². The van der Waals surface area contributed by atoms with Crippen molar-refractivity contribution in [3.63, 3.8) is 0 Å². The molecule has 0 amide bonds. The molecule has 0 aliphatic heterocycles. The largest absolute Gasteiger partial charge is 0.269 e. The van der Waals surface area contributed by atoms with Crippen molar-refractivity contribution >= 4 is 0 Å². The molecule has 0 rings (SSSR count). The molecule has 0 bridgehead atoms. The molecule has 0 saturated heterocycles. The maximum absolute atomic E-state index is 3.36. The van der Waals surface area contributed by atoms with E-state index in [4.69, 9.17) is 0 Å². The highest BCUT2D eigenvalue weighted by Crippen LogP contribution is 1.38. The number of halogens is 1. The van der Waals surface area contributed by atoms with E-state index in [1.165, 1.54) is 0 Å². The van der Waals surface area contributed by atoms with Gasteiger partial charge in [-0.3, -0.25) is 4.70 Å². The first-order valence-corrected chi connectivity index (χ1v) is 0.986. The summed E-state index contributed by atoms with van der Waals surface area (Å²) in [4.78, 5) is 0. The van der Waals surface area contributed by atoms with Crippen LogP contribution in [-0.2, 0) is 0 Å². The van der Waals surface area contributed by atoms with Crippen LogP contribution in [0, 0.1) is 0 Å². The molecule has 0 atom stereocenters.